The van der Waals surface area contributed by atoms with Gasteiger partial charge in [0.2, 0.25) is 0 Å². The Balaban J connectivity index is 4.53. The molecule has 0 spiro atoms. The van der Waals surface area contributed by atoms with E-state index in [-0.39, 0.29) is 37.5 Å². The van der Waals surface area contributed by atoms with Crippen LogP contribution in [0, 0.1) is 0 Å². The summed E-state index contributed by atoms with van der Waals surface area (Å²) in [6.07, 6.45) is 69.3. The van der Waals surface area contributed by atoms with E-state index in [0.717, 1.165) is 96.3 Å². The molecule has 0 aromatic rings. The first-order chi connectivity index (χ1) is 31.5. The Morgan fingerprint density at radius 2 is 0.703 bits per heavy atom. The zero-order chi connectivity index (χ0) is 46.5. The monoisotopic (exact) mass is 887 g/mol. The molecule has 0 heterocycles. The summed E-state index contributed by atoms with van der Waals surface area (Å²) >= 11 is 0. The third kappa shape index (κ3) is 49.1. The fourth-order valence-corrected chi connectivity index (χ4v) is 6.74. The summed E-state index contributed by atoms with van der Waals surface area (Å²) in [5.41, 5.74) is 0. The van der Waals surface area contributed by atoms with Gasteiger partial charge >= 0.3 is 17.9 Å². The van der Waals surface area contributed by atoms with E-state index < -0.39 is 6.10 Å². The van der Waals surface area contributed by atoms with Crippen LogP contribution in [0.15, 0.2) is 109 Å². The van der Waals surface area contributed by atoms with Crippen molar-refractivity contribution in [2.24, 2.45) is 0 Å². The van der Waals surface area contributed by atoms with E-state index in [2.05, 4.69) is 124 Å². The molecule has 0 aromatic heterocycles. The fraction of sp³-hybridized carbons (Fsp3) is 0.638. The highest BCUT2D eigenvalue weighted by atomic mass is 16.6. The van der Waals surface area contributed by atoms with Gasteiger partial charge in [-0.15, -0.1) is 0 Å². The quantitative estimate of drug-likeness (QED) is 0.0199. The van der Waals surface area contributed by atoms with Gasteiger partial charge < -0.3 is 14.2 Å². The maximum absolute atomic E-state index is 12.8. The molecule has 64 heavy (non-hydrogen) atoms. The van der Waals surface area contributed by atoms with Gasteiger partial charge in [0.05, 0.1) is 0 Å². The molecule has 0 fully saturated rings. The van der Waals surface area contributed by atoms with Gasteiger partial charge in [0, 0.05) is 19.3 Å². The summed E-state index contributed by atoms with van der Waals surface area (Å²) in [7, 11) is 0. The SMILES string of the molecule is CC\C=C/C=C\C=C/CCCCCCCCCC(=O)OC(COC(=O)CC/C=C\C/C=C\CCCCCCCC)COC(=O)CCCCCCC\C=C/C=C\C=C/C=C\CCCCC. The molecule has 0 saturated carbocycles. The summed E-state index contributed by atoms with van der Waals surface area (Å²) in [6.45, 7) is 6.36. The largest absolute Gasteiger partial charge is 0.462 e. The van der Waals surface area contributed by atoms with E-state index >= 15 is 0 Å². The first-order valence-electron chi connectivity index (χ1n) is 26.0. The maximum Gasteiger partial charge on any atom is 0.306 e. The second-order valence-electron chi connectivity index (χ2n) is 16.8. The topological polar surface area (TPSA) is 78.9 Å². The van der Waals surface area contributed by atoms with Crippen molar-refractivity contribution < 1.29 is 28.6 Å². The minimum Gasteiger partial charge on any atom is -0.462 e. The Bertz CT molecular complexity index is 1340. The van der Waals surface area contributed by atoms with E-state index in [1.807, 2.05) is 6.08 Å². The second-order valence-corrected chi connectivity index (χ2v) is 16.8. The molecule has 362 valence electrons. The third-order valence-corrected chi connectivity index (χ3v) is 10.7. The number of allylic oxidation sites excluding steroid dienone is 18. The number of hydrogen-bond acceptors (Lipinski definition) is 6. The molecule has 1 unspecified atom stereocenters. The van der Waals surface area contributed by atoms with Gasteiger partial charge in [0.25, 0.3) is 0 Å². The Morgan fingerprint density at radius 3 is 1.20 bits per heavy atom. The molecule has 0 aliphatic heterocycles. The molecule has 1 atom stereocenters. The number of rotatable bonds is 45. The first kappa shape index (κ1) is 60.1. The van der Waals surface area contributed by atoms with Gasteiger partial charge in [-0.3, -0.25) is 14.4 Å². The molecular weight excluding hydrogens is 793 g/mol. The lowest BCUT2D eigenvalue weighted by Crippen LogP contribution is -2.30. The summed E-state index contributed by atoms with van der Waals surface area (Å²) in [5.74, 6) is -1.02. The zero-order valence-electron chi connectivity index (χ0n) is 41.3. The average Bonchev–Trinajstić information content (AvgIpc) is 3.29. The van der Waals surface area contributed by atoms with Crippen molar-refractivity contribution in [3.8, 4) is 0 Å². The number of carbonyl (C=O) groups is 3. The van der Waals surface area contributed by atoms with Gasteiger partial charge in [0.1, 0.15) is 13.2 Å². The number of unbranched alkanes of at least 4 members (excludes halogenated alkanes) is 21. The molecule has 0 rings (SSSR count). The maximum atomic E-state index is 12.8. The van der Waals surface area contributed by atoms with Crippen LogP contribution in [0.25, 0.3) is 0 Å². The lowest BCUT2D eigenvalue weighted by molar-refractivity contribution is -0.166. The Morgan fingerprint density at radius 1 is 0.344 bits per heavy atom. The third-order valence-electron chi connectivity index (χ3n) is 10.7. The van der Waals surface area contributed by atoms with Crippen molar-refractivity contribution >= 4 is 17.9 Å². The zero-order valence-corrected chi connectivity index (χ0v) is 41.3. The smallest absolute Gasteiger partial charge is 0.306 e. The standard InChI is InChI=1S/C58H94O6/c1-4-7-10-13-16-19-22-25-27-28-29-31-33-36-39-42-45-48-51-57(60)63-54-55(53-62-56(59)50-47-44-41-38-35-32-24-21-18-15-12-9-6-3)64-58(61)52-49-46-43-40-37-34-30-26-23-20-17-14-11-8-5-2/h8,11,14,16-17,19-20,22-23,25,27-29,31-32,35,41,44,55H,4-7,9-10,12-13,15,18,21,24,26,30,33-34,36-40,42-43,45-54H2,1-3H3/b11-8-,17-14-,19-16-,23-20-,25-22-,28-27-,31-29-,35-32-,44-41-. The molecular formula is C58H94O6. The predicted octanol–water partition coefficient (Wildman–Crippen LogP) is 17.1. The van der Waals surface area contributed by atoms with E-state index in [0.29, 0.717) is 19.3 Å². The van der Waals surface area contributed by atoms with Gasteiger partial charge in [-0.2, -0.15) is 0 Å². The summed E-state index contributed by atoms with van der Waals surface area (Å²) < 4.78 is 16.7. The fourth-order valence-electron chi connectivity index (χ4n) is 6.74. The van der Waals surface area contributed by atoms with Crippen LogP contribution in [-0.2, 0) is 28.6 Å². The summed E-state index contributed by atoms with van der Waals surface area (Å²) in [6, 6.07) is 0. The van der Waals surface area contributed by atoms with E-state index in [1.54, 1.807) is 0 Å². The minimum absolute atomic E-state index is 0.115. The molecule has 0 bridgehead atoms. The summed E-state index contributed by atoms with van der Waals surface area (Å²) in [5, 5.41) is 0. The van der Waals surface area contributed by atoms with Crippen molar-refractivity contribution in [1.82, 2.24) is 0 Å². The van der Waals surface area contributed by atoms with Crippen molar-refractivity contribution in [2.75, 3.05) is 13.2 Å². The van der Waals surface area contributed by atoms with Crippen LogP contribution in [0.4, 0.5) is 0 Å². The molecule has 0 N–H and O–H groups in total. The number of carbonyl (C=O) groups excluding carboxylic acids is 3. The molecule has 6 heteroatoms. The van der Waals surface area contributed by atoms with E-state index in [9.17, 15) is 14.4 Å². The van der Waals surface area contributed by atoms with Crippen LogP contribution in [0.5, 0.6) is 0 Å². The van der Waals surface area contributed by atoms with Crippen molar-refractivity contribution in [1.29, 1.82) is 0 Å². The van der Waals surface area contributed by atoms with Crippen LogP contribution in [0.3, 0.4) is 0 Å². The van der Waals surface area contributed by atoms with E-state index in [4.69, 9.17) is 14.2 Å². The van der Waals surface area contributed by atoms with Crippen LogP contribution in [0.1, 0.15) is 220 Å². The van der Waals surface area contributed by atoms with E-state index in [1.165, 1.54) is 77.0 Å². The van der Waals surface area contributed by atoms with Gasteiger partial charge in [-0.25, -0.2) is 0 Å². The molecule has 0 aromatic carbocycles. The molecule has 0 aliphatic rings. The highest BCUT2D eigenvalue weighted by Gasteiger charge is 2.19. The molecule has 0 radical (unpaired) electrons. The van der Waals surface area contributed by atoms with Gasteiger partial charge in [-0.05, 0) is 83.5 Å². The van der Waals surface area contributed by atoms with Gasteiger partial charge in [0.15, 0.2) is 6.10 Å². The Labute approximate surface area is 393 Å². The summed E-state index contributed by atoms with van der Waals surface area (Å²) in [4.78, 5) is 38.0. The van der Waals surface area contributed by atoms with Crippen LogP contribution < -0.4 is 0 Å². The predicted molar refractivity (Wildman–Crippen MR) is 274 cm³/mol. The lowest BCUT2D eigenvalue weighted by Gasteiger charge is -2.18. The average molecular weight is 887 g/mol. The molecule has 0 saturated heterocycles. The number of hydrogen-bond donors (Lipinski definition) is 0. The number of ether oxygens (including phenoxy) is 3. The Kier molecular flexibility index (Phi) is 48.5. The van der Waals surface area contributed by atoms with Crippen molar-refractivity contribution in [2.45, 2.75) is 226 Å². The van der Waals surface area contributed by atoms with Crippen LogP contribution >= 0.6 is 0 Å². The molecule has 0 amide bonds. The van der Waals surface area contributed by atoms with Crippen LogP contribution in [-0.4, -0.2) is 37.2 Å². The van der Waals surface area contributed by atoms with Gasteiger partial charge in [-0.1, -0.05) is 226 Å². The molecule has 6 nitrogen and oxygen atoms in total. The van der Waals surface area contributed by atoms with Crippen molar-refractivity contribution in [3.63, 3.8) is 0 Å². The molecule has 0 aliphatic carbocycles. The normalized spacial score (nSPS) is 13.0. The minimum atomic E-state index is -0.818. The number of esters is 3. The van der Waals surface area contributed by atoms with Crippen molar-refractivity contribution in [3.05, 3.63) is 109 Å². The lowest BCUT2D eigenvalue weighted by atomic mass is 10.1. The highest BCUT2D eigenvalue weighted by molar-refractivity contribution is 5.71. The second kappa shape index (κ2) is 51.7. The van der Waals surface area contributed by atoms with Crippen LogP contribution in [0.2, 0.25) is 0 Å². The first-order valence-corrected chi connectivity index (χ1v) is 26.0. The highest BCUT2D eigenvalue weighted by Crippen LogP contribution is 2.13. The Hall–Kier alpha value is -3.93.